The molecule has 28 heavy (non-hydrogen) atoms. The van der Waals surface area contributed by atoms with Gasteiger partial charge in [-0.2, -0.15) is 5.10 Å². The molecule has 4 nitrogen and oxygen atoms in total. The summed E-state index contributed by atoms with van der Waals surface area (Å²) >= 11 is 0. The van der Waals surface area contributed by atoms with Crippen LogP contribution in [0.15, 0.2) is 92.5 Å². The first kappa shape index (κ1) is 18.2. The molecule has 2 aromatic rings. The van der Waals surface area contributed by atoms with E-state index in [4.69, 9.17) is 9.41 Å². The van der Waals surface area contributed by atoms with E-state index in [9.17, 15) is 0 Å². The summed E-state index contributed by atoms with van der Waals surface area (Å²) in [5.74, 6) is 1.71. The van der Waals surface area contributed by atoms with Crippen molar-refractivity contribution in [2.24, 2.45) is 10.1 Å². The molecule has 1 aliphatic carbocycles. The highest BCUT2D eigenvalue weighted by molar-refractivity contribution is 6.04. The molecule has 0 spiro atoms. The topological polar surface area (TPSA) is 49.9 Å². The zero-order chi connectivity index (χ0) is 19.3. The fourth-order valence-electron chi connectivity index (χ4n) is 3.55. The standard InChI is InChI=1S/C24H25N3O/c1-3-20-11-12-21(28-20)16-25-27-24-18-14-19(15-18)26-23(22(24)4-2)13-10-17-8-6-5-7-9-17/h4-9,11-12,14,16,19,27H,2-3,10,13,15H2,1H3/b25-16+. The van der Waals surface area contributed by atoms with E-state index in [0.717, 1.165) is 54.2 Å². The molecule has 142 valence electrons. The first-order valence-electron chi connectivity index (χ1n) is 9.83. The Bertz CT molecular complexity index is 976. The van der Waals surface area contributed by atoms with Crippen molar-refractivity contribution in [3.63, 3.8) is 0 Å². The minimum Gasteiger partial charge on any atom is -0.460 e. The Morgan fingerprint density at radius 1 is 1.21 bits per heavy atom. The summed E-state index contributed by atoms with van der Waals surface area (Å²) < 4.78 is 5.68. The number of hydrogen-bond donors (Lipinski definition) is 1. The van der Waals surface area contributed by atoms with E-state index in [2.05, 4.69) is 54.4 Å². The molecule has 0 fully saturated rings. The number of allylic oxidation sites excluding steroid dienone is 3. The lowest BCUT2D eigenvalue weighted by atomic mass is 9.90. The predicted octanol–water partition coefficient (Wildman–Crippen LogP) is 4.99. The van der Waals surface area contributed by atoms with Crippen LogP contribution in [-0.4, -0.2) is 18.0 Å². The fourth-order valence-corrected chi connectivity index (χ4v) is 3.55. The van der Waals surface area contributed by atoms with Gasteiger partial charge in [0.25, 0.3) is 0 Å². The van der Waals surface area contributed by atoms with Crippen LogP contribution in [0.25, 0.3) is 0 Å². The summed E-state index contributed by atoms with van der Waals surface area (Å²) in [5, 5.41) is 4.41. The van der Waals surface area contributed by atoms with Gasteiger partial charge in [0, 0.05) is 24.1 Å². The van der Waals surface area contributed by atoms with Crippen LogP contribution in [0.1, 0.15) is 36.8 Å². The zero-order valence-corrected chi connectivity index (χ0v) is 16.2. The summed E-state index contributed by atoms with van der Waals surface area (Å²) in [6.07, 6.45) is 9.49. The molecule has 0 radical (unpaired) electrons. The van der Waals surface area contributed by atoms with Gasteiger partial charge in [0.15, 0.2) is 0 Å². The molecule has 1 unspecified atom stereocenters. The van der Waals surface area contributed by atoms with E-state index in [0.29, 0.717) is 0 Å². The van der Waals surface area contributed by atoms with E-state index in [1.807, 2.05) is 24.3 Å². The van der Waals surface area contributed by atoms with Crippen molar-refractivity contribution in [3.8, 4) is 0 Å². The molecular formula is C24H25N3O. The van der Waals surface area contributed by atoms with Crippen molar-refractivity contribution < 1.29 is 4.42 Å². The Morgan fingerprint density at radius 3 is 2.75 bits per heavy atom. The van der Waals surface area contributed by atoms with Gasteiger partial charge in [-0.1, -0.05) is 56.0 Å². The average Bonchev–Trinajstić information content (AvgIpc) is 3.04. The maximum Gasteiger partial charge on any atom is 0.147 e. The second kappa shape index (κ2) is 8.26. The lowest BCUT2D eigenvalue weighted by Gasteiger charge is -2.21. The van der Waals surface area contributed by atoms with Gasteiger partial charge in [-0.15, -0.1) is 0 Å². The number of nitrogens with zero attached hydrogens (tertiary/aromatic N) is 2. The predicted molar refractivity (Wildman–Crippen MR) is 115 cm³/mol. The minimum atomic E-state index is 0.274. The quantitative estimate of drug-likeness (QED) is 0.525. The van der Waals surface area contributed by atoms with Crippen LogP contribution in [0.4, 0.5) is 0 Å². The van der Waals surface area contributed by atoms with E-state index >= 15 is 0 Å². The Kier molecular flexibility index (Phi) is 5.38. The number of furan rings is 1. The smallest absolute Gasteiger partial charge is 0.147 e. The van der Waals surface area contributed by atoms with E-state index in [1.165, 1.54) is 11.1 Å². The van der Waals surface area contributed by atoms with Gasteiger partial charge in [0.1, 0.15) is 11.5 Å². The molecule has 2 bridgehead atoms. The van der Waals surface area contributed by atoms with Gasteiger partial charge in [-0.05, 0) is 36.1 Å². The maximum atomic E-state index is 5.68. The van der Waals surface area contributed by atoms with Gasteiger partial charge in [0.2, 0.25) is 0 Å². The molecule has 1 N–H and O–H groups in total. The maximum absolute atomic E-state index is 5.68. The molecule has 2 aliphatic heterocycles. The first-order chi connectivity index (χ1) is 13.8. The van der Waals surface area contributed by atoms with Crippen LogP contribution in [0.2, 0.25) is 0 Å². The third-order valence-electron chi connectivity index (χ3n) is 5.14. The van der Waals surface area contributed by atoms with Crippen LogP contribution in [0, 0.1) is 0 Å². The number of rotatable bonds is 8. The summed E-state index contributed by atoms with van der Waals surface area (Å²) in [4.78, 5) is 4.94. The van der Waals surface area contributed by atoms with Crippen LogP contribution in [0.3, 0.4) is 0 Å². The zero-order valence-electron chi connectivity index (χ0n) is 16.2. The monoisotopic (exact) mass is 371 g/mol. The number of hydrazone groups is 1. The third-order valence-corrected chi connectivity index (χ3v) is 5.14. The van der Waals surface area contributed by atoms with Crippen molar-refractivity contribution in [2.45, 2.75) is 38.6 Å². The van der Waals surface area contributed by atoms with Gasteiger partial charge >= 0.3 is 0 Å². The highest BCUT2D eigenvalue weighted by Crippen LogP contribution is 2.34. The summed E-state index contributed by atoms with van der Waals surface area (Å²) in [7, 11) is 0. The highest BCUT2D eigenvalue weighted by atomic mass is 16.3. The SMILES string of the molecule is C=CC1=C(N/N=C/c2ccc(CC)o2)C2=CC(C2)N=C1CCc1ccccc1. The second-order valence-electron chi connectivity index (χ2n) is 7.05. The molecule has 3 heterocycles. The van der Waals surface area contributed by atoms with Crippen molar-refractivity contribution in [2.75, 3.05) is 0 Å². The summed E-state index contributed by atoms with van der Waals surface area (Å²) in [5.41, 5.74) is 8.95. The highest BCUT2D eigenvalue weighted by Gasteiger charge is 2.28. The largest absolute Gasteiger partial charge is 0.460 e. The molecule has 0 saturated heterocycles. The van der Waals surface area contributed by atoms with Crippen LogP contribution in [-0.2, 0) is 12.8 Å². The Morgan fingerprint density at radius 2 is 2.04 bits per heavy atom. The van der Waals surface area contributed by atoms with Crippen LogP contribution < -0.4 is 5.43 Å². The molecule has 5 rings (SSSR count). The lowest BCUT2D eigenvalue weighted by Crippen LogP contribution is -2.19. The number of aryl methyl sites for hydroxylation is 2. The molecule has 4 heteroatoms. The molecular weight excluding hydrogens is 346 g/mol. The molecule has 1 aromatic carbocycles. The van der Waals surface area contributed by atoms with Crippen molar-refractivity contribution in [3.05, 3.63) is 95.1 Å². The third kappa shape index (κ3) is 3.91. The fraction of sp³-hybridized carbons (Fsp3) is 0.250. The Balaban J connectivity index is 1.52. The lowest BCUT2D eigenvalue weighted by molar-refractivity contribution is 0.510. The van der Waals surface area contributed by atoms with E-state index in [1.54, 1.807) is 6.21 Å². The van der Waals surface area contributed by atoms with Crippen molar-refractivity contribution >= 4 is 11.9 Å². The molecule has 0 saturated carbocycles. The van der Waals surface area contributed by atoms with Crippen LogP contribution >= 0.6 is 0 Å². The number of hydrogen-bond acceptors (Lipinski definition) is 4. The second-order valence-corrected chi connectivity index (χ2v) is 7.05. The Labute approximate surface area is 166 Å². The number of nitrogens with one attached hydrogen (secondary N) is 1. The summed E-state index contributed by atoms with van der Waals surface area (Å²) in [6.45, 7) is 6.11. The van der Waals surface area contributed by atoms with Crippen molar-refractivity contribution in [1.29, 1.82) is 0 Å². The summed E-state index contributed by atoms with van der Waals surface area (Å²) in [6, 6.07) is 14.7. The first-order valence-corrected chi connectivity index (χ1v) is 9.83. The molecule has 1 atom stereocenters. The molecule has 0 amide bonds. The van der Waals surface area contributed by atoms with Crippen LogP contribution in [0.5, 0.6) is 0 Å². The van der Waals surface area contributed by atoms with Gasteiger partial charge in [-0.3, -0.25) is 10.4 Å². The average molecular weight is 371 g/mol. The Hall–Kier alpha value is -3.14. The van der Waals surface area contributed by atoms with Crippen molar-refractivity contribution in [1.82, 2.24) is 5.43 Å². The normalized spacial score (nSPS) is 18.4. The number of aliphatic imine (C=N–C) groups is 1. The van der Waals surface area contributed by atoms with E-state index < -0.39 is 0 Å². The molecule has 3 aliphatic rings. The van der Waals surface area contributed by atoms with E-state index in [-0.39, 0.29) is 6.04 Å². The minimum absolute atomic E-state index is 0.274. The molecule has 1 aromatic heterocycles. The van der Waals surface area contributed by atoms with Gasteiger partial charge in [-0.25, -0.2) is 0 Å². The van der Waals surface area contributed by atoms with Gasteiger partial charge in [0.05, 0.1) is 18.0 Å². The number of fused-ring (bicyclic) bond motifs is 1. The van der Waals surface area contributed by atoms with Gasteiger partial charge < -0.3 is 4.42 Å². The number of benzene rings is 1.